The average molecular weight is 122 g/mol. The third-order valence-electron chi connectivity index (χ3n) is 1.05. The van der Waals surface area contributed by atoms with E-state index in [-0.39, 0.29) is 0 Å². The van der Waals surface area contributed by atoms with E-state index in [1.807, 2.05) is 12.1 Å². The highest BCUT2D eigenvalue weighted by molar-refractivity contribution is 4.98. The molecule has 0 aliphatic carbocycles. The Labute approximate surface area is 54.7 Å². The summed E-state index contributed by atoms with van der Waals surface area (Å²) >= 11 is 0. The molecular weight excluding hydrogens is 114 g/mol. The van der Waals surface area contributed by atoms with Crippen molar-refractivity contribution in [3.05, 3.63) is 37.0 Å². The SMILES string of the molecule is [CH]c1cccc[n+]1OC. The van der Waals surface area contributed by atoms with Gasteiger partial charge in [-0.15, -0.1) is 0 Å². The zero-order valence-corrected chi connectivity index (χ0v) is 5.24. The number of rotatable bonds is 1. The van der Waals surface area contributed by atoms with Crippen LogP contribution in [0.4, 0.5) is 0 Å². The summed E-state index contributed by atoms with van der Waals surface area (Å²) in [6.45, 7) is 5.47. The standard InChI is InChI=1S/C7H8NO/c1-7-5-3-4-6-8(7)9-2/h1,3-6H,2H3/q+1. The Kier molecular flexibility index (Phi) is 1.68. The van der Waals surface area contributed by atoms with Crippen molar-refractivity contribution in [2.45, 2.75) is 0 Å². The summed E-state index contributed by atoms with van der Waals surface area (Å²) in [4.78, 5) is 4.84. The molecule has 1 aromatic rings. The predicted octanol–water partition coefficient (Wildman–Crippen LogP) is 0.0917. The maximum absolute atomic E-state index is 5.47. The smallest absolute Gasteiger partial charge is 0.239 e. The Morgan fingerprint density at radius 3 is 2.78 bits per heavy atom. The normalized spacial score (nSPS) is 9.11. The van der Waals surface area contributed by atoms with Gasteiger partial charge < -0.3 is 0 Å². The van der Waals surface area contributed by atoms with Gasteiger partial charge in [0, 0.05) is 16.9 Å². The van der Waals surface area contributed by atoms with Gasteiger partial charge in [0.15, 0.2) is 0 Å². The minimum absolute atomic E-state index is 0.597. The second-order valence-corrected chi connectivity index (χ2v) is 1.63. The van der Waals surface area contributed by atoms with Crippen LogP contribution in [0.3, 0.4) is 0 Å². The number of hydrogen-bond acceptors (Lipinski definition) is 1. The highest BCUT2D eigenvalue weighted by Crippen LogP contribution is 1.84. The van der Waals surface area contributed by atoms with Gasteiger partial charge in [-0.3, -0.25) is 4.84 Å². The summed E-state index contributed by atoms with van der Waals surface area (Å²) in [5.74, 6) is 0. The molecule has 46 valence electrons. The molecule has 0 aromatic carbocycles. The minimum Gasteiger partial charge on any atom is -0.274 e. The molecule has 0 spiro atoms. The van der Waals surface area contributed by atoms with Crippen molar-refractivity contribution in [3.63, 3.8) is 0 Å². The van der Waals surface area contributed by atoms with Gasteiger partial charge >= 0.3 is 0 Å². The van der Waals surface area contributed by atoms with Crippen molar-refractivity contribution in [1.82, 2.24) is 0 Å². The summed E-state index contributed by atoms with van der Waals surface area (Å²) in [7, 11) is 1.57. The van der Waals surface area contributed by atoms with Crippen LogP contribution in [-0.4, -0.2) is 7.11 Å². The lowest BCUT2D eigenvalue weighted by molar-refractivity contribution is -0.888. The molecule has 2 heteroatoms. The van der Waals surface area contributed by atoms with Crippen molar-refractivity contribution in [2.24, 2.45) is 0 Å². The Balaban J connectivity index is 3.01. The third kappa shape index (κ3) is 1.19. The van der Waals surface area contributed by atoms with Crippen LogP contribution in [0.5, 0.6) is 0 Å². The van der Waals surface area contributed by atoms with Crippen LogP contribution in [-0.2, 0) is 0 Å². The first kappa shape index (κ1) is 6.08. The Hall–Kier alpha value is -1.05. The number of nitrogens with zero attached hydrogens (tertiary/aromatic N) is 1. The van der Waals surface area contributed by atoms with Crippen molar-refractivity contribution >= 4 is 0 Å². The predicted molar refractivity (Wildman–Crippen MR) is 32.5 cm³/mol. The summed E-state index contributed by atoms with van der Waals surface area (Å²) in [5, 5.41) is 0. The van der Waals surface area contributed by atoms with E-state index >= 15 is 0 Å². The Morgan fingerprint density at radius 2 is 2.33 bits per heavy atom. The second-order valence-electron chi connectivity index (χ2n) is 1.63. The van der Waals surface area contributed by atoms with E-state index < -0.39 is 0 Å². The fraction of sp³-hybridized carbons (Fsp3) is 0.143. The van der Waals surface area contributed by atoms with Crippen LogP contribution in [0.15, 0.2) is 24.4 Å². The summed E-state index contributed by atoms with van der Waals surface area (Å²) in [5.41, 5.74) is 0.597. The molecule has 2 radical (unpaired) electrons. The molecule has 0 bridgehead atoms. The number of aromatic nitrogens is 1. The zero-order valence-electron chi connectivity index (χ0n) is 5.24. The lowest BCUT2D eigenvalue weighted by Gasteiger charge is -1.90. The van der Waals surface area contributed by atoms with Gasteiger partial charge in [-0.1, -0.05) is 0 Å². The molecule has 9 heavy (non-hydrogen) atoms. The third-order valence-corrected chi connectivity index (χ3v) is 1.05. The van der Waals surface area contributed by atoms with E-state index in [2.05, 4.69) is 0 Å². The number of hydrogen-bond donors (Lipinski definition) is 0. The van der Waals surface area contributed by atoms with Gasteiger partial charge in [-0.25, -0.2) is 0 Å². The lowest BCUT2D eigenvalue weighted by Crippen LogP contribution is -2.42. The molecule has 0 saturated carbocycles. The first-order chi connectivity index (χ1) is 4.34. The quantitative estimate of drug-likeness (QED) is 0.481. The van der Waals surface area contributed by atoms with Crippen molar-refractivity contribution in [3.8, 4) is 0 Å². The maximum Gasteiger partial charge on any atom is 0.239 e. The molecular formula is C7H8NO+. The fourth-order valence-corrected chi connectivity index (χ4v) is 0.608. The molecule has 0 fully saturated rings. The van der Waals surface area contributed by atoms with Crippen LogP contribution in [0.1, 0.15) is 5.69 Å². The van der Waals surface area contributed by atoms with E-state index in [1.54, 1.807) is 19.4 Å². The van der Waals surface area contributed by atoms with E-state index in [4.69, 9.17) is 11.8 Å². The topological polar surface area (TPSA) is 13.1 Å². The van der Waals surface area contributed by atoms with Gasteiger partial charge in [0.05, 0.1) is 6.92 Å². The lowest BCUT2D eigenvalue weighted by atomic mass is 10.4. The highest BCUT2D eigenvalue weighted by atomic mass is 16.6. The Morgan fingerprint density at radius 1 is 1.56 bits per heavy atom. The molecule has 0 saturated heterocycles. The van der Waals surface area contributed by atoms with Crippen molar-refractivity contribution in [1.29, 1.82) is 0 Å². The maximum atomic E-state index is 5.47. The fourth-order valence-electron chi connectivity index (χ4n) is 0.608. The monoisotopic (exact) mass is 122 g/mol. The number of pyridine rings is 1. The molecule has 0 aliphatic heterocycles. The van der Waals surface area contributed by atoms with E-state index in [0.717, 1.165) is 0 Å². The first-order valence-corrected chi connectivity index (χ1v) is 2.65. The van der Waals surface area contributed by atoms with Crippen LogP contribution in [0.25, 0.3) is 0 Å². The summed E-state index contributed by atoms with van der Waals surface area (Å²) < 4.78 is 1.49. The largest absolute Gasteiger partial charge is 0.274 e. The zero-order chi connectivity index (χ0) is 6.69. The van der Waals surface area contributed by atoms with Crippen LogP contribution in [0, 0.1) is 6.92 Å². The molecule has 1 rings (SSSR count). The second kappa shape index (κ2) is 2.49. The molecule has 0 amide bonds. The molecule has 1 heterocycles. The Bertz CT molecular complexity index is 198. The van der Waals surface area contributed by atoms with E-state index in [0.29, 0.717) is 5.69 Å². The molecule has 2 nitrogen and oxygen atoms in total. The van der Waals surface area contributed by atoms with Gasteiger partial charge in [-0.05, 0) is 6.07 Å². The first-order valence-electron chi connectivity index (χ1n) is 2.65. The van der Waals surface area contributed by atoms with Gasteiger partial charge in [0.2, 0.25) is 11.9 Å². The van der Waals surface area contributed by atoms with Crippen LogP contribution < -0.4 is 9.57 Å². The van der Waals surface area contributed by atoms with E-state index in [1.165, 1.54) is 4.73 Å². The molecule has 1 aromatic heterocycles. The molecule has 0 aliphatic rings. The van der Waals surface area contributed by atoms with Crippen molar-refractivity contribution in [2.75, 3.05) is 7.11 Å². The van der Waals surface area contributed by atoms with Gasteiger partial charge in [0.1, 0.15) is 7.11 Å². The van der Waals surface area contributed by atoms with Crippen LogP contribution >= 0.6 is 0 Å². The highest BCUT2D eigenvalue weighted by Gasteiger charge is 2.00. The van der Waals surface area contributed by atoms with E-state index in [9.17, 15) is 0 Å². The van der Waals surface area contributed by atoms with Gasteiger partial charge in [0.25, 0.3) is 0 Å². The van der Waals surface area contributed by atoms with Gasteiger partial charge in [-0.2, -0.15) is 0 Å². The molecule has 0 unspecified atom stereocenters. The molecule has 0 atom stereocenters. The van der Waals surface area contributed by atoms with Crippen molar-refractivity contribution < 1.29 is 9.57 Å². The van der Waals surface area contributed by atoms with Crippen LogP contribution in [0.2, 0.25) is 0 Å². The summed E-state index contributed by atoms with van der Waals surface area (Å²) in [6.07, 6.45) is 1.75. The average Bonchev–Trinajstić information content (AvgIpc) is 1.89. The molecule has 0 N–H and O–H groups in total. The summed E-state index contributed by atoms with van der Waals surface area (Å²) in [6, 6.07) is 5.47. The minimum atomic E-state index is 0.597.